The number of ketones is 1. The van der Waals surface area contributed by atoms with Gasteiger partial charge in [0.2, 0.25) is 5.69 Å². The van der Waals surface area contributed by atoms with Gasteiger partial charge in [0.25, 0.3) is 0 Å². The third kappa shape index (κ3) is 3.43. The first-order chi connectivity index (χ1) is 13.4. The van der Waals surface area contributed by atoms with Gasteiger partial charge in [-0.2, -0.15) is 5.10 Å². The Morgan fingerprint density at radius 1 is 1.29 bits per heavy atom. The van der Waals surface area contributed by atoms with Gasteiger partial charge in [0.15, 0.2) is 5.78 Å². The number of nitrogens with one attached hydrogen (secondary N) is 1. The van der Waals surface area contributed by atoms with Crippen molar-refractivity contribution in [2.24, 2.45) is 12.5 Å². The van der Waals surface area contributed by atoms with E-state index in [4.69, 9.17) is 16.4 Å². The molecule has 1 N–H and O–H groups in total. The van der Waals surface area contributed by atoms with Crippen molar-refractivity contribution < 1.29 is 9.53 Å². The molecule has 4 rings (SSSR count). The molecular weight excluding hydrogens is 352 g/mol. The summed E-state index contributed by atoms with van der Waals surface area (Å²) in [5.74, 6) is 0.158. The fourth-order valence-electron chi connectivity index (χ4n) is 4.33. The zero-order valence-corrected chi connectivity index (χ0v) is 16.7. The van der Waals surface area contributed by atoms with E-state index in [1.165, 1.54) is 0 Å². The normalized spacial score (nSPS) is 19.1. The molecule has 0 unspecified atom stereocenters. The smallest absolute Gasteiger partial charge is 0.209 e. The van der Waals surface area contributed by atoms with Gasteiger partial charge >= 0.3 is 0 Å². The predicted molar refractivity (Wildman–Crippen MR) is 109 cm³/mol. The van der Waals surface area contributed by atoms with Crippen LogP contribution in [0.15, 0.2) is 18.2 Å². The Labute approximate surface area is 165 Å². The molecule has 146 valence electrons. The molecule has 1 aromatic heterocycles. The average Bonchev–Trinajstić information content (AvgIpc) is 2.98. The van der Waals surface area contributed by atoms with Crippen LogP contribution >= 0.6 is 0 Å². The van der Waals surface area contributed by atoms with E-state index in [9.17, 15) is 4.79 Å². The van der Waals surface area contributed by atoms with Gasteiger partial charge in [-0.25, -0.2) is 4.85 Å². The number of ether oxygens (including phenoxy) is 1. The highest BCUT2D eigenvalue weighted by molar-refractivity contribution is 5.99. The van der Waals surface area contributed by atoms with Crippen molar-refractivity contribution in [3.63, 3.8) is 0 Å². The zero-order chi connectivity index (χ0) is 19.9. The molecule has 2 aromatic rings. The molecule has 0 saturated carbocycles. The van der Waals surface area contributed by atoms with Crippen molar-refractivity contribution in [3.8, 4) is 11.3 Å². The second-order valence-electron chi connectivity index (χ2n) is 8.62. The molecule has 2 aliphatic rings. The Morgan fingerprint density at radius 2 is 2.04 bits per heavy atom. The molecule has 0 bridgehead atoms. The molecule has 2 heterocycles. The van der Waals surface area contributed by atoms with Gasteiger partial charge in [0, 0.05) is 49.5 Å². The summed E-state index contributed by atoms with van der Waals surface area (Å²) in [6.07, 6.45) is 3.24. The number of aromatic nitrogens is 2. The standard InChI is InChI=1S/C22H26N4O2/c1-22(2)12-16-20(25-26(4)21(16)19(27)13-22)14-5-6-17(23-3)18(11-14)24-15-7-9-28-10-8-15/h5-6,11,15,24H,7-10,12-13H2,1-2,4H3. The van der Waals surface area contributed by atoms with E-state index < -0.39 is 0 Å². The lowest BCUT2D eigenvalue weighted by atomic mass is 9.75. The predicted octanol–water partition coefficient (Wildman–Crippen LogP) is 4.38. The fourth-order valence-corrected chi connectivity index (χ4v) is 4.33. The first-order valence-electron chi connectivity index (χ1n) is 9.83. The van der Waals surface area contributed by atoms with Crippen LogP contribution in [0.4, 0.5) is 11.4 Å². The number of nitrogens with zero attached hydrogens (tertiary/aromatic N) is 3. The number of Topliss-reactive ketones (excluding diaryl/α,β-unsaturated/α-hetero) is 1. The first-order valence-corrected chi connectivity index (χ1v) is 9.83. The highest BCUT2D eigenvalue weighted by atomic mass is 16.5. The number of carbonyl (C=O) groups is 1. The molecule has 0 amide bonds. The Kier molecular flexibility index (Phi) is 4.72. The molecule has 6 heteroatoms. The van der Waals surface area contributed by atoms with E-state index in [1.807, 2.05) is 25.2 Å². The maximum absolute atomic E-state index is 12.7. The van der Waals surface area contributed by atoms with Gasteiger partial charge in [0.05, 0.1) is 12.3 Å². The lowest BCUT2D eigenvalue weighted by molar-refractivity contribution is 0.0900. The average molecular weight is 378 g/mol. The Bertz CT molecular complexity index is 962. The van der Waals surface area contributed by atoms with Gasteiger partial charge in [0.1, 0.15) is 5.69 Å². The van der Waals surface area contributed by atoms with Crippen LogP contribution in [0.25, 0.3) is 16.1 Å². The maximum Gasteiger partial charge on any atom is 0.209 e. The minimum atomic E-state index is -0.0680. The van der Waals surface area contributed by atoms with Crippen LogP contribution in [0, 0.1) is 12.0 Å². The van der Waals surface area contributed by atoms with Gasteiger partial charge in [-0.3, -0.25) is 9.48 Å². The van der Waals surface area contributed by atoms with Crippen molar-refractivity contribution in [2.45, 2.75) is 45.6 Å². The van der Waals surface area contributed by atoms with Crippen molar-refractivity contribution >= 4 is 17.2 Å². The molecule has 1 fully saturated rings. The van der Waals surface area contributed by atoms with E-state index >= 15 is 0 Å². The number of carbonyl (C=O) groups excluding carboxylic acids is 1. The number of hydrogen-bond acceptors (Lipinski definition) is 4. The molecule has 1 saturated heterocycles. The third-order valence-corrected chi connectivity index (χ3v) is 5.68. The number of fused-ring (bicyclic) bond motifs is 1. The van der Waals surface area contributed by atoms with Crippen molar-refractivity contribution in [2.75, 3.05) is 18.5 Å². The monoisotopic (exact) mass is 378 g/mol. The van der Waals surface area contributed by atoms with Crippen molar-refractivity contribution in [3.05, 3.63) is 40.9 Å². The second kappa shape index (κ2) is 7.06. The largest absolute Gasteiger partial charge is 0.391 e. The van der Waals surface area contributed by atoms with E-state index in [0.717, 1.165) is 60.7 Å². The molecule has 1 aromatic carbocycles. The Morgan fingerprint density at radius 3 is 2.75 bits per heavy atom. The van der Waals surface area contributed by atoms with Crippen LogP contribution in [-0.4, -0.2) is 34.8 Å². The molecule has 0 atom stereocenters. The summed E-state index contributed by atoms with van der Waals surface area (Å²) in [4.78, 5) is 16.3. The number of anilines is 1. The lowest BCUT2D eigenvalue weighted by Gasteiger charge is -2.29. The van der Waals surface area contributed by atoms with Gasteiger partial charge < -0.3 is 10.1 Å². The van der Waals surface area contributed by atoms with Gasteiger partial charge in [-0.1, -0.05) is 26.0 Å². The van der Waals surface area contributed by atoms with Crippen LogP contribution in [-0.2, 0) is 18.2 Å². The minimum absolute atomic E-state index is 0.0680. The summed E-state index contributed by atoms with van der Waals surface area (Å²) in [6.45, 7) is 13.3. The topological polar surface area (TPSA) is 60.5 Å². The highest BCUT2D eigenvalue weighted by Gasteiger charge is 2.36. The summed E-state index contributed by atoms with van der Waals surface area (Å²) in [7, 11) is 1.84. The van der Waals surface area contributed by atoms with E-state index in [1.54, 1.807) is 4.68 Å². The summed E-state index contributed by atoms with van der Waals surface area (Å²) in [6, 6.07) is 6.11. The van der Waals surface area contributed by atoms with E-state index in [0.29, 0.717) is 18.2 Å². The van der Waals surface area contributed by atoms with Crippen LogP contribution in [0.5, 0.6) is 0 Å². The van der Waals surface area contributed by atoms with Crippen LogP contribution in [0.3, 0.4) is 0 Å². The SMILES string of the molecule is [C-]#[N+]c1ccc(-c2nn(C)c3c2CC(C)(C)CC3=O)cc1NC1CCOCC1. The number of rotatable bonds is 3. The Hall–Kier alpha value is -2.65. The molecule has 1 aliphatic heterocycles. The molecule has 0 spiro atoms. The molecule has 1 aliphatic carbocycles. The summed E-state index contributed by atoms with van der Waals surface area (Å²) < 4.78 is 7.16. The number of aryl methyl sites for hydroxylation is 1. The third-order valence-electron chi connectivity index (χ3n) is 5.68. The summed E-state index contributed by atoms with van der Waals surface area (Å²) in [5.41, 5.74) is 4.92. The fraction of sp³-hybridized carbons (Fsp3) is 0.500. The minimum Gasteiger partial charge on any atom is -0.391 e. The molecule has 6 nitrogen and oxygen atoms in total. The molecular formula is C22H26N4O2. The molecule has 28 heavy (non-hydrogen) atoms. The van der Waals surface area contributed by atoms with E-state index in [-0.39, 0.29) is 11.2 Å². The lowest BCUT2D eigenvalue weighted by Crippen LogP contribution is -2.28. The number of benzene rings is 1. The second-order valence-corrected chi connectivity index (χ2v) is 8.62. The molecule has 0 radical (unpaired) electrons. The summed E-state index contributed by atoms with van der Waals surface area (Å²) >= 11 is 0. The van der Waals surface area contributed by atoms with Crippen LogP contribution in [0.1, 0.15) is 49.2 Å². The zero-order valence-electron chi connectivity index (χ0n) is 16.7. The van der Waals surface area contributed by atoms with Crippen LogP contribution < -0.4 is 5.32 Å². The Balaban J connectivity index is 1.74. The highest BCUT2D eigenvalue weighted by Crippen LogP contribution is 2.40. The van der Waals surface area contributed by atoms with Gasteiger partial charge in [-0.15, -0.1) is 0 Å². The van der Waals surface area contributed by atoms with Crippen molar-refractivity contribution in [1.29, 1.82) is 0 Å². The van der Waals surface area contributed by atoms with Gasteiger partial charge in [-0.05, 0) is 30.7 Å². The first kappa shape index (κ1) is 18.7. The van der Waals surface area contributed by atoms with E-state index in [2.05, 4.69) is 24.0 Å². The summed E-state index contributed by atoms with van der Waals surface area (Å²) in [5, 5.41) is 8.22. The quantitative estimate of drug-likeness (QED) is 0.805. The van der Waals surface area contributed by atoms with Crippen LogP contribution in [0.2, 0.25) is 0 Å². The maximum atomic E-state index is 12.7. The van der Waals surface area contributed by atoms with Crippen molar-refractivity contribution in [1.82, 2.24) is 9.78 Å². The number of hydrogen-bond donors (Lipinski definition) is 1.